The van der Waals surface area contributed by atoms with Crippen LogP contribution in [0.1, 0.15) is 13.3 Å². The van der Waals surface area contributed by atoms with Gasteiger partial charge in [0, 0.05) is 18.7 Å². The maximum absolute atomic E-state index is 9.18. The molecule has 2 heterocycles. The highest BCUT2D eigenvalue weighted by Crippen LogP contribution is 2.19. The zero-order valence-corrected chi connectivity index (χ0v) is 11.8. The van der Waals surface area contributed by atoms with Crippen LogP contribution in [-0.2, 0) is 14.3 Å². The number of nitrogens with zero attached hydrogens (tertiary/aromatic N) is 1. The molecule has 0 aliphatic carbocycles. The minimum atomic E-state index is 0.203. The molecular weight excluding hydrogens is 302 g/mol. The van der Waals surface area contributed by atoms with Gasteiger partial charge < -0.3 is 14.2 Å². The van der Waals surface area contributed by atoms with Crippen LogP contribution >= 0.6 is 15.9 Å². The van der Waals surface area contributed by atoms with E-state index in [1.54, 1.807) is 13.1 Å². The third-order valence-electron chi connectivity index (χ3n) is 2.12. The van der Waals surface area contributed by atoms with Gasteiger partial charge in [-0.05, 0) is 28.9 Å². The molecule has 1 aromatic heterocycles. The summed E-state index contributed by atoms with van der Waals surface area (Å²) >= 11 is 3.29. The Balaban J connectivity index is 0.000000280. The highest BCUT2D eigenvalue weighted by Gasteiger charge is 2.16. The molecule has 1 aliphatic heterocycles. The van der Waals surface area contributed by atoms with Gasteiger partial charge in [-0.3, -0.25) is 4.79 Å². The van der Waals surface area contributed by atoms with Gasteiger partial charge in [-0.25, -0.2) is 4.98 Å². The zero-order valence-electron chi connectivity index (χ0n) is 10.2. The van der Waals surface area contributed by atoms with E-state index in [1.165, 1.54) is 0 Å². The Labute approximate surface area is 115 Å². The number of rotatable bonds is 4. The van der Waals surface area contributed by atoms with Gasteiger partial charge in [-0.1, -0.05) is 0 Å². The van der Waals surface area contributed by atoms with Crippen LogP contribution in [0.5, 0.6) is 5.75 Å². The van der Waals surface area contributed by atoms with Crippen LogP contribution in [0.4, 0.5) is 0 Å². The van der Waals surface area contributed by atoms with Gasteiger partial charge in [0.25, 0.3) is 6.47 Å². The van der Waals surface area contributed by atoms with Crippen LogP contribution in [0, 0.1) is 0 Å². The Bertz CT molecular complexity index is 356. The van der Waals surface area contributed by atoms with Gasteiger partial charge in [0.1, 0.15) is 16.5 Å². The summed E-state index contributed by atoms with van der Waals surface area (Å²) in [5, 5.41) is 0. The maximum Gasteiger partial charge on any atom is 0.293 e. The van der Waals surface area contributed by atoms with Crippen LogP contribution in [0.25, 0.3) is 0 Å². The quantitative estimate of drug-likeness (QED) is 0.629. The fourth-order valence-electron chi connectivity index (χ4n) is 1.32. The van der Waals surface area contributed by atoms with Gasteiger partial charge in [-0.2, -0.15) is 0 Å². The predicted molar refractivity (Wildman–Crippen MR) is 69.5 cm³/mol. The highest BCUT2D eigenvalue weighted by molar-refractivity contribution is 9.10. The molecule has 0 amide bonds. The van der Waals surface area contributed by atoms with E-state index in [0.29, 0.717) is 19.7 Å². The number of hydrogen-bond donors (Lipinski definition) is 0. The van der Waals surface area contributed by atoms with E-state index in [4.69, 9.17) is 9.47 Å². The molecule has 0 unspecified atom stereocenters. The summed E-state index contributed by atoms with van der Waals surface area (Å²) < 4.78 is 15.8. The number of hydrogen-bond acceptors (Lipinski definition) is 5. The number of halogens is 1. The Morgan fingerprint density at radius 3 is 3.00 bits per heavy atom. The number of carbonyl (C=O) groups excluding carboxylic acids is 1. The molecule has 1 atom stereocenters. The first-order valence-electron chi connectivity index (χ1n) is 5.67. The smallest absolute Gasteiger partial charge is 0.293 e. The Kier molecular flexibility index (Phi) is 7.36. The number of carbonyl (C=O) groups is 1. The number of ether oxygens (including phenoxy) is 3. The molecule has 0 bridgehead atoms. The molecule has 100 valence electrons. The molecule has 0 aromatic carbocycles. The lowest BCUT2D eigenvalue weighted by atomic mass is 10.3. The van der Waals surface area contributed by atoms with Crippen LogP contribution in [0.2, 0.25) is 0 Å². The molecule has 18 heavy (non-hydrogen) atoms. The number of aromatic nitrogens is 1. The first-order valence-corrected chi connectivity index (χ1v) is 6.46. The highest BCUT2D eigenvalue weighted by atomic mass is 79.9. The second-order valence-corrected chi connectivity index (χ2v) is 4.28. The van der Waals surface area contributed by atoms with Crippen molar-refractivity contribution >= 4 is 22.4 Å². The molecule has 1 saturated heterocycles. The van der Waals surface area contributed by atoms with Crippen molar-refractivity contribution in [2.45, 2.75) is 19.4 Å². The van der Waals surface area contributed by atoms with Gasteiger partial charge in [0.2, 0.25) is 0 Å². The summed E-state index contributed by atoms with van der Waals surface area (Å²) in [5.41, 5.74) is 0. The standard InChI is InChI=1S/C9H10BrNO2.C3H6O2/c10-9-5-7(1-3-11-9)13-8-2-4-12-6-8;1-2-5-3-4/h1,3,5,8H,2,4,6H2;3H,2H2,1H3/t8-;/m1./s1. The summed E-state index contributed by atoms with van der Waals surface area (Å²) in [6.07, 6.45) is 2.89. The summed E-state index contributed by atoms with van der Waals surface area (Å²) in [7, 11) is 0. The van der Waals surface area contributed by atoms with E-state index in [2.05, 4.69) is 25.7 Å². The molecule has 1 fully saturated rings. The van der Waals surface area contributed by atoms with E-state index in [9.17, 15) is 4.79 Å². The maximum atomic E-state index is 9.18. The van der Waals surface area contributed by atoms with Gasteiger partial charge >= 0.3 is 0 Å². The largest absolute Gasteiger partial charge is 0.488 e. The second-order valence-electron chi connectivity index (χ2n) is 3.47. The topological polar surface area (TPSA) is 57.6 Å². The zero-order chi connectivity index (χ0) is 13.2. The Morgan fingerprint density at radius 1 is 1.67 bits per heavy atom. The lowest BCUT2D eigenvalue weighted by Crippen LogP contribution is -2.15. The Morgan fingerprint density at radius 2 is 2.50 bits per heavy atom. The SMILES string of the molecule is Brc1cc(O[C@@H]2CCOC2)ccn1.CCOC=O. The van der Waals surface area contributed by atoms with E-state index < -0.39 is 0 Å². The van der Waals surface area contributed by atoms with Crippen molar-refractivity contribution in [3.05, 3.63) is 22.9 Å². The van der Waals surface area contributed by atoms with Crippen LogP contribution in [0.3, 0.4) is 0 Å². The fraction of sp³-hybridized carbons (Fsp3) is 0.500. The minimum Gasteiger partial charge on any atom is -0.488 e. The second kappa shape index (κ2) is 8.88. The van der Waals surface area contributed by atoms with E-state index in [1.807, 2.05) is 12.1 Å². The third kappa shape index (κ3) is 5.97. The van der Waals surface area contributed by atoms with Crippen molar-refractivity contribution < 1.29 is 19.0 Å². The molecular formula is C12H16BrNO4. The molecule has 5 nitrogen and oxygen atoms in total. The van der Waals surface area contributed by atoms with Crippen molar-refractivity contribution in [2.75, 3.05) is 19.8 Å². The summed E-state index contributed by atoms with van der Waals surface area (Å²) in [6.45, 7) is 4.16. The molecule has 0 N–H and O–H groups in total. The first kappa shape index (κ1) is 14.9. The molecule has 0 saturated carbocycles. The number of pyridine rings is 1. The minimum absolute atomic E-state index is 0.203. The van der Waals surface area contributed by atoms with Gasteiger partial charge in [-0.15, -0.1) is 0 Å². The average molecular weight is 318 g/mol. The monoisotopic (exact) mass is 317 g/mol. The van der Waals surface area contributed by atoms with Crippen LogP contribution in [-0.4, -0.2) is 37.4 Å². The summed E-state index contributed by atoms with van der Waals surface area (Å²) in [5.74, 6) is 0.845. The van der Waals surface area contributed by atoms with Crippen molar-refractivity contribution in [3.8, 4) is 5.75 Å². The molecule has 1 aliphatic rings. The lowest BCUT2D eigenvalue weighted by Gasteiger charge is -2.11. The normalized spacial score (nSPS) is 17.6. The van der Waals surface area contributed by atoms with E-state index in [-0.39, 0.29) is 6.10 Å². The van der Waals surface area contributed by atoms with Crippen LogP contribution in [0.15, 0.2) is 22.9 Å². The van der Waals surface area contributed by atoms with Crippen molar-refractivity contribution in [3.63, 3.8) is 0 Å². The molecule has 6 heteroatoms. The van der Waals surface area contributed by atoms with Crippen molar-refractivity contribution in [2.24, 2.45) is 0 Å². The first-order chi connectivity index (χ1) is 8.76. The predicted octanol–water partition coefficient (Wildman–Crippen LogP) is 2.19. The Hall–Kier alpha value is -1.14. The molecule has 0 radical (unpaired) electrons. The van der Waals surface area contributed by atoms with E-state index >= 15 is 0 Å². The van der Waals surface area contributed by atoms with Crippen LogP contribution < -0.4 is 4.74 Å². The average Bonchev–Trinajstić information content (AvgIpc) is 2.84. The van der Waals surface area contributed by atoms with E-state index in [0.717, 1.165) is 23.4 Å². The van der Waals surface area contributed by atoms with Gasteiger partial charge in [0.15, 0.2) is 0 Å². The summed E-state index contributed by atoms with van der Waals surface area (Å²) in [4.78, 5) is 13.2. The lowest BCUT2D eigenvalue weighted by molar-refractivity contribution is -0.128. The third-order valence-corrected chi connectivity index (χ3v) is 2.56. The molecule has 2 rings (SSSR count). The van der Waals surface area contributed by atoms with Crippen molar-refractivity contribution in [1.82, 2.24) is 4.98 Å². The van der Waals surface area contributed by atoms with Crippen molar-refractivity contribution in [1.29, 1.82) is 0 Å². The molecule has 1 aromatic rings. The summed E-state index contributed by atoms with van der Waals surface area (Å²) in [6, 6.07) is 3.71. The van der Waals surface area contributed by atoms with Gasteiger partial charge in [0.05, 0.1) is 19.8 Å². The fourth-order valence-corrected chi connectivity index (χ4v) is 1.67. The molecule has 0 spiro atoms.